The second-order valence-electron chi connectivity index (χ2n) is 4.82. The Hall–Kier alpha value is -1.55. The van der Waals surface area contributed by atoms with Gasteiger partial charge in [-0.1, -0.05) is 12.1 Å². The number of carbonyl (C=O) groups excluding carboxylic acids is 1. The van der Waals surface area contributed by atoms with Gasteiger partial charge in [0.2, 0.25) is 5.91 Å². The van der Waals surface area contributed by atoms with Crippen molar-refractivity contribution in [3.63, 3.8) is 0 Å². The summed E-state index contributed by atoms with van der Waals surface area (Å²) in [4.78, 5) is 16.0. The third kappa shape index (κ3) is 4.24. The minimum absolute atomic E-state index is 0.176. The highest BCUT2D eigenvalue weighted by molar-refractivity contribution is 5.78. The molecule has 0 fully saturated rings. The lowest BCUT2D eigenvalue weighted by Crippen LogP contribution is -2.39. The van der Waals surface area contributed by atoms with E-state index in [0.29, 0.717) is 6.54 Å². The van der Waals surface area contributed by atoms with Crippen LogP contribution in [0.25, 0.3) is 0 Å². The number of amides is 1. The molecule has 0 heterocycles. The molecule has 1 aromatic rings. The van der Waals surface area contributed by atoms with Crippen LogP contribution in [0.5, 0.6) is 0 Å². The lowest BCUT2D eigenvalue weighted by atomic mass is 10.1. The number of hydrogen-bond acceptors (Lipinski definition) is 3. The number of anilines is 1. The fraction of sp³-hybridized carbons (Fsp3) is 0.533. The van der Waals surface area contributed by atoms with E-state index in [0.717, 1.165) is 18.8 Å². The molecule has 1 atom stereocenters. The molecule has 0 aliphatic carbocycles. The highest BCUT2D eigenvalue weighted by Gasteiger charge is 2.17. The van der Waals surface area contributed by atoms with Crippen LogP contribution >= 0.6 is 0 Å². The van der Waals surface area contributed by atoms with E-state index in [-0.39, 0.29) is 11.9 Å². The van der Waals surface area contributed by atoms with Crippen molar-refractivity contribution < 1.29 is 4.79 Å². The first-order valence-electron chi connectivity index (χ1n) is 6.83. The lowest BCUT2D eigenvalue weighted by Gasteiger charge is -2.27. The van der Waals surface area contributed by atoms with E-state index in [2.05, 4.69) is 11.8 Å². The van der Waals surface area contributed by atoms with Gasteiger partial charge in [0.25, 0.3) is 0 Å². The number of carbonyl (C=O) groups is 1. The van der Waals surface area contributed by atoms with Crippen molar-refractivity contribution in [1.82, 2.24) is 9.80 Å². The Bertz CT molecular complexity index is 398. The topological polar surface area (TPSA) is 49.6 Å². The van der Waals surface area contributed by atoms with Crippen molar-refractivity contribution in [3.8, 4) is 0 Å². The molecular weight excluding hydrogens is 238 g/mol. The molecule has 1 unspecified atom stereocenters. The normalized spacial score (nSPS) is 12.5. The molecule has 0 aliphatic heterocycles. The standard InChI is InChI=1S/C15H25N3O/c1-5-18(6-2)15(19)11-17(4)12(3)13-7-9-14(16)10-8-13/h7-10,12H,5-6,11,16H2,1-4H3. The summed E-state index contributed by atoms with van der Waals surface area (Å²) < 4.78 is 0. The van der Waals surface area contributed by atoms with E-state index in [9.17, 15) is 4.79 Å². The minimum Gasteiger partial charge on any atom is -0.399 e. The van der Waals surface area contributed by atoms with Gasteiger partial charge in [-0.2, -0.15) is 0 Å². The molecule has 106 valence electrons. The fourth-order valence-electron chi connectivity index (χ4n) is 2.06. The number of nitrogens with zero attached hydrogens (tertiary/aromatic N) is 2. The number of benzene rings is 1. The summed E-state index contributed by atoms with van der Waals surface area (Å²) in [6.45, 7) is 8.07. The van der Waals surface area contributed by atoms with Crippen molar-refractivity contribution in [3.05, 3.63) is 29.8 Å². The van der Waals surface area contributed by atoms with Crippen molar-refractivity contribution >= 4 is 11.6 Å². The van der Waals surface area contributed by atoms with Crippen LogP contribution in [-0.4, -0.2) is 42.4 Å². The molecule has 0 bridgehead atoms. The first-order valence-corrected chi connectivity index (χ1v) is 6.83. The van der Waals surface area contributed by atoms with Gasteiger partial charge in [0, 0.05) is 24.8 Å². The van der Waals surface area contributed by atoms with Gasteiger partial charge in [-0.3, -0.25) is 9.69 Å². The van der Waals surface area contributed by atoms with Crippen LogP contribution < -0.4 is 5.73 Å². The number of hydrogen-bond donors (Lipinski definition) is 1. The van der Waals surface area contributed by atoms with E-state index in [1.807, 2.05) is 50.1 Å². The van der Waals surface area contributed by atoms with E-state index >= 15 is 0 Å². The zero-order chi connectivity index (χ0) is 14.4. The minimum atomic E-state index is 0.176. The van der Waals surface area contributed by atoms with E-state index in [1.54, 1.807) is 0 Å². The smallest absolute Gasteiger partial charge is 0.236 e. The summed E-state index contributed by atoms with van der Waals surface area (Å²) in [7, 11) is 1.97. The zero-order valence-corrected chi connectivity index (χ0v) is 12.4. The zero-order valence-electron chi connectivity index (χ0n) is 12.4. The largest absolute Gasteiger partial charge is 0.399 e. The van der Waals surface area contributed by atoms with Crippen LogP contribution in [0.2, 0.25) is 0 Å². The highest BCUT2D eigenvalue weighted by Crippen LogP contribution is 2.19. The van der Waals surface area contributed by atoms with Crippen LogP contribution in [0.4, 0.5) is 5.69 Å². The van der Waals surface area contributed by atoms with Crippen molar-refractivity contribution in [1.29, 1.82) is 0 Å². The van der Waals surface area contributed by atoms with Crippen LogP contribution in [0, 0.1) is 0 Å². The van der Waals surface area contributed by atoms with Crippen molar-refractivity contribution in [2.45, 2.75) is 26.8 Å². The quantitative estimate of drug-likeness (QED) is 0.800. The average molecular weight is 263 g/mol. The predicted molar refractivity (Wildman–Crippen MR) is 79.8 cm³/mol. The number of nitrogens with two attached hydrogens (primary N) is 1. The number of rotatable bonds is 6. The van der Waals surface area contributed by atoms with Gasteiger partial charge in [-0.15, -0.1) is 0 Å². The van der Waals surface area contributed by atoms with Gasteiger partial charge >= 0.3 is 0 Å². The first kappa shape index (κ1) is 15.5. The fourth-order valence-corrected chi connectivity index (χ4v) is 2.06. The van der Waals surface area contributed by atoms with Gasteiger partial charge in [-0.25, -0.2) is 0 Å². The average Bonchev–Trinajstić information content (AvgIpc) is 2.40. The summed E-state index contributed by atoms with van der Waals surface area (Å²) >= 11 is 0. The Kier molecular flexibility index (Phi) is 5.83. The predicted octanol–water partition coefficient (Wildman–Crippen LogP) is 2.13. The molecular formula is C15H25N3O. The van der Waals surface area contributed by atoms with Crippen molar-refractivity contribution in [2.75, 3.05) is 32.4 Å². The Labute approximate surface area is 116 Å². The van der Waals surface area contributed by atoms with E-state index in [1.165, 1.54) is 5.56 Å². The molecule has 4 heteroatoms. The van der Waals surface area contributed by atoms with Crippen LogP contribution in [0.3, 0.4) is 0 Å². The highest BCUT2D eigenvalue weighted by atomic mass is 16.2. The maximum Gasteiger partial charge on any atom is 0.236 e. The SMILES string of the molecule is CCN(CC)C(=O)CN(C)C(C)c1ccc(N)cc1. The van der Waals surface area contributed by atoms with Crippen LogP contribution in [0.1, 0.15) is 32.4 Å². The molecule has 0 aliphatic rings. The Morgan fingerprint density at radius 2 is 1.74 bits per heavy atom. The number of likely N-dealkylation sites (N-methyl/N-ethyl adjacent to an activating group) is 2. The molecule has 1 aromatic carbocycles. The molecule has 0 aromatic heterocycles. The molecule has 0 radical (unpaired) electrons. The maximum atomic E-state index is 12.1. The maximum absolute atomic E-state index is 12.1. The van der Waals surface area contributed by atoms with E-state index < -0.39 is 0 Å². The summed E-state index contributed by atoms with van der Waals surface area (Å²) in [5.74, 6) is 0.176. The molecule has 0 saturated heterocycles. The lowest BCUT2D eigenvalue weighted by molar-refractivity contribution is -0.132. The first-order chi connectivity index (χ1) is 8.99. The molecule has 0 saturated carbocycles. The molecule has 4 nitrogen and oxygen atoms in total. The molecule has 0 spiro atoms. The summed E-state index contributed by atoms with van der Waals surface area (Å²) in [5, 5.41) is 0. The van der Waals surface area contributed by atoms with E-state index in [4.69, 9.17) is 5.73 Å². The third-order valence-corrected chi connectivity index (χ3v) is 3.58. The molecule has 1 rings (SSSR count). The second-order valence-corrected chi connectivity index (χ2v) is 4.82. The molecule has 19 heavy (non-hydrogen) atoms. The van der Waals surface area contributed by atoms with Gasteiger partial charge in [0.15, 0.2) is 0 Å². The Morgan fingerprint density at radius 1 is 1.21 bits per heavy atom. The summed E-state index contributed by atoms with van der Waals surface area (Å²) in [6.07, 6.45) is 0. The Balaban J connectivity index is 2.64. The summed E-state index contributed by atoms with van der Waals surface area (Å²) in [6, 6.07) is 8.01. The second kappa shape index (κ2) is 7.14. The number of nitrogen functional groups attached to an aromatic ring is 1. The van der Waals surface area contributed by atoms with Gasteiger partial charge in [0.05, 0.1) is 6.54 Å². The van der Waals surface area contributed by atoms with Gasteiger partial charge in [0.1, 0.15) is 0 Å². The van der Waals surface area contributed by atoms with Crippen molar-refractivity contribution in [2.24, 2.45) is 0 Å². The third-order valence-electron chi connectivity index (χ3n) is 3.58. The Morgan fingerprint density at radius 3 is 2.21 bits per heavy atom. The molecule has 2 N–H and O–H groups in total. The van der Waals surface area contributed by atoms with Crippen LogP contribution in [-0.2, 0) is 4.79 Å². The van der Waals surface area contributed by atoms with Crippen LogP contribution in [0.15, 0.2) is 24.3 Å². The molecule has 1 amide bonds. The van der Waals surface area contributed by atoms with Gasteiger partial charge < -0.3 is 10.6 Å². The monoisotopic (exact) mass is 263 g/mol. The summed E-state index contributed by atoms with van der Waals surface area (Å²) in [5.41, 5.74) is 7.62. The van der Waals surface area contributed by atoms with Gasteiger partial charge in [-0.05, 0) is 45.5 Å².